The van der Waals surface area contributed by atoms with Crippen LogP contribution in [0.15, 0.2) is 73.1 Å². The molecule has 0 bridgehead atoms. The summed E-state index contributed by atoms with van der Waals surface area (Å²) in [5.41, 5.74) is 10.0. The average molecular weight is 449 g/mol. The molecule has 0 saturated heterocycles. The summed E-state index contributed by atoms with van der Waals surface area (Å²) in [5, 5.41) is 0. The number of hydrogen-bond acceptors (Lipinski definition) is 1. The first-order valence-corrected chi connectivity index (χ1v) is 12.1. The first-order chi connectivity index (χ1) is 16.1. The van der Waals surface area contributed by atoms with Crippen LogP contribution in [0, 0.1) is 0 Å². The summed E-state index contributed by atoms with van der Waals surface area (Å²) in [6.45, 7) is 13.7. The topological polar surface area (TPSA) is 17.0 Å². The van der Waals surface area contributed by atoms with E-state index in [0.29, 0.717) is 4.70 Å². The summed E-state index contributed by atoms with van der Waals surface area (Å²) in [6.07, 6.45) is 4.54. The summed E-state index contributed by atoms with van der Waals surface area (Å²) in [7, 11) is 0. The molecule has 4 nitrogen and oxygen atoms in total. The van der Waals surface area contributed by atoms with Gasteiger partial charge in [0.2, 0.25) is 23.9 Å². The van der Waals surface area contributed by atoms with E-state index >= 15 is 0 Å². The monoisotopic (exact) mass is 448 g/mol. The van der Waals surface area contributed by atoms with E-state index in [2.05, 4.69) is 124 Å². The summed E-state index contributed by atoms with van der Waals surface area (Å²) in [6, 6.07) is 22.2. The Labute approximate surface area is 200 Å². The molecule has 0 atom stereocenters. The molecule has 0 unspecified atom stereocenters. The smallest absolute Gasteiger partial charge is 0.318 e. The van der Waals surface area contributed by atoms with E-state index < -0.39 is 0 Å². The number of aromatic nitrogens is 2. The van der Waals surface area contributed by atoms with Crippen molar-refractivity contribution in [2.24, 2.45) is 0 Å². The second kappa shape index (κ2) is 5.94. The first-order valence-electron chi connectivity index (χ1n) is 12.1. The molecular weight excluding hydrogens is 418 g/mol. The molecule has 0 aliphatic carbocycles. The van der Waals surface area contributed by atoms with Crippen molar-refractivity contribution in [3.63, 3.8) is 0 Å². The van der Waals surface area contributed by atoms with Crippen LogP contribution in [0.3, 0.4) is 0 Å². The Kier molecular flexibility index (Phi) is 3.48. The second-order valence-electron chi connectivity index (χ2n) is 11.8. The predicted molar refractivity (Wildman–Crippen MR) is 134 cm³/mol. The molecule has 4 aromatic rings. The van der Waals surface area contributed by atoms with Crippen molar-refractivity contribution in [3.8, 4) is 34.0 Å². The molecule has 7 rings (SSSR count). The van der Waals surface area contributed by atoms with Crippen LogP contribution in [0.2, 0.25) is 0 Å². The molecule has 168 valence electrons. The van der Waals surface area contributed by atoms with Crippen LogP contribution in [-0.4, -0.2) is 0 Å². The van der Waals surface area contributed by atoms with Crippen LogP contribution in [0.25, 0.3) is 22.5 Å². The van der Waals surface area contributed by atoms with E-state index in [-0.39, 0.29) is 10.8 Å². The van der Waals surface area contributed by atoms with Gasteiger partial charge in [-0.25, -0.2) is 0 Å². The van der Waals surface area contributed by atoms with Gasteiger partial charge in [-0.05, 0) is 46.2 Å². The van der Waals surface area contributed by atoms with Crippen LogP contribution in [0.5, 0.6) is 11.5 Å². The number of fused-ring (bicyclic) bond motifs is 4. The average Bonchev–Trinajstić information content (AvgIpc) is 3.26. The Balaban J connectivity index is 1.66. The molecule has 5 heterocycles. The van der Waals surface area contributed by atoms with E-state index in [1.807, 2.05) is 0 Å². The lowest BCUT2D eigenvalue weighted by Gasteiger charge is -2.24. The lowest BCUT2D eigenvalue weighted by atomic mass is 9.87. The van der Waals surface area contributed by atoms with E-state index in [1.54, 1.807) is 0 Å². The zero-order chi connectivity index (χ0) is 23.6. The SMILES string of the molecule is CC(C)(C)c1cc[n+]2c(c1)-c1cccc3c1[N+]21c2c(cccc2-c2cc(C(C)(C)C)cc[n+]21)O3. The Bertz CT molecular complexity index is 1440. The van der Waals surface area contributed by atoms with Gasteiger partial charge in [0.1, 0.15) is 11.1 Å². The van der Waals surface area contributed by atoms with Crippen molar-refractivity contribution < 1.29 is 14.1 Å². The first kappa shape index (κ1) is 19.9. The van der Waals surface area contributed by atoms with Gasteiger partial charge in [-0.15, -0.1) is 0 Å². The van der Waals surface area contributed by atoms with Gasteiger partial charge < -0.3 is 4.74 Å². The fourth-order valence-corrected chi connectivity index (χ4v) is 5.86. The van der Waals surface area contributed by atoms with Gasteiger partial charge in [-0.2, -0.15) is 0 Å². The maximum atomic E-state index is 6.57. The number of ether oxygens (including phenoxy) is 1. The van der Waals surface area contributed by atoms with Gasteiger partial charge in [-0.1, -0.05) is 53.7 Å². The second-order valence-corrected chi connectivity index (χ2v) is 11.8. The zero-order valence-electron chi connectivity index (χ0n) is 20.7. The number of pyridine rings is 2. The summed E-state index contributed by atoms with van der Waals surface area (Å²) < 4.78 is 11.9. The highest BCUT2D eigenvalue weighted by atomic mass is 16.5. The molecule has 0 amide bonds. The quantitative estimate of drug-likeness (QED) is 0.191. The highest BCUT2D eigenvalue weighted by Gasteiger charge is 2.72. The molecule has 2 aromatic heterocycles. The third-order valence-corrected chi connectivity index (χ3v) is 7.62. The van der Waals surface area contributed by atoms with Gasteiger partial charge in [0.15, 0.2) is 4.70 Å². The van der Waals surface area contributed by atoms with Gasteiger partial charge in [-0.3, -0.25) is 0 Å². The summed E-state index contributed by atoms with van der Waals surface area (Å²) in [4.78, 5) is 0. The molecular formula is C30H30N3O+3. The van der Waals surface area contributed by atoms with Crippen molar-refractivity contribution in [1.82, 2.24) is 4.70 Å². The number of nitrogens with zero attached hydrogens (tertiary/aromatic N) is 3. The molecule has 2 aromatic carbocycles. The standard InChI is InChI=1S/C30H30N3O/c1-29(2,3)19-13-15-31-23(17-19)21-9-7-11-25-27(21)33(31)28-22(10-8-12-26(28)34-25)24-18-20(30(4,5)6)14-16-32(24)33/h7-18H,1-6H3/q+3. The third kappa shape index (κ3) is 2.22. The minimum atomic E-state index is 0.0677. The summed E-state index contributed by atoms with van der Waals surface area (Å²) >= 11 is 0. The fraction of sp³-hybridized carbons (Fsp3) is 0.267. The maximum Gasteiger partial charge on any atom is 0.318 e. The molecule has 3 aliphatic heterocycles. The molecule has 4 heteroatoms. The Hall–Kier alpha value is -3.50. The lowest BCUT2D eigenvalue weighted by Crippen LogP contribution is -2.81. The van der Waals surface area contributed by atoms with E-state index in [1.165, 1.54) is 45.0 Å². The van der Waals surface area contributed by atoms with Crippen molar-refractivity contribution in [2.75, 3.05) is 0 Å². The van der Waals surface area contributed by atoms with Crippen molar-refractivity contribution in [2.45, 2.75) is 52.4 Å². The van der Waals surface area contributed by atoms with E-state index in [4.69, 9.17) is 4.74 Å². The van der Waals surface area contributed by atoms with E-state index in [9.17, 15) is 0 Å². The molecule has 34 heavy (non-hydrogen) atoms. The van der Waals surface area contributed by atoms with Gasteiger partial charge in [0.05, 0.1) is 9.35 Å². The number of benzene rings is 2. The minimum absolute atomic E-state index is 0.0677. The number of hydrogen-bond donors (Lipinski definition) is 0. The van der Waals surface area contributed by atoms with Crippen LogP contribution in [0.1, 0.15) is 52.7 Å². The fourth-order valence-electron chi connectivity index (χ4n) is 5.86. The van der Waals surface area contributed by atoms with Crippen molar-refractivity contribution in [3.05, 3.63) is 84.2 Å². The van der Waals surface area contributed by atoms with Crippen LogP contribution in [-0.2, 0) is 10.8 Å². The van der Waals surface area contributed by atoms with Crippen molar-refractivity contribution in [1.29, 1.82) is 0 Å². The number of para-hydroxylation sites is 2. The highest BCUT2D eigenvalue weighted by molar-refractivity contribution is 5.92. The highest BCUT2D eigenvalue weighted by Crippen LogP contribution is 2.60. The van der Waals surface area contributed by atoms with Crippen LogP contribution >= 0.6 is 0 Å². The number of quaternary nitrogens is 1. The Morgan fingerprint density at radius 3 is 1.47 bits per heavy atom. The molecule has 3 aliphatic rings. The van der Waals surface area contributed by atoms with Crippen molar-refractivity contribution >= 4 is 11.4 Å². The predicted octanol–water partition coefficient (Wildman–Crippen LogP) is 6.49. The lowest BCUT2D eigenvalue weighted by molar-refractivity contribution is -1.02. The molecule has 0 radical (unpaired) electrons. The normalized spacial score (nSPS) is 15.8. The third-order valence-electron chi connectivity index (χ3n) is 7.62. The Morgan fingerprint density at radius 2 is 1.06 bits per heavy atom. The number of rotatable bonds is 0. The van der Waals surface area contributed by atoms with Crippen LogP contribution < -0.4 is 18.8 Å². The minimum Gasteiger partial charge on any atom is -0.444 e. The zero-order valence-corrected chi connectivity index (χ0v) is 20.7. The largest absolute Gasteiger partial charge is 0.444 e. The van der Waals surface area contributed by atoms with Crippen LogP contribution in [0.4, 0.5) is 11.4 Å². The van der Waals surface area contributed by atoms with Gasteiger partial charge >= 0.3 is 11.4 Å². The molecule has 1 spiro atoms. The van der Waals surface area contributed by atoms with Gasteiger partial charge in [0.25, 0.3) is 11.4 Å². The Morgan fingerprint density at radius 1 is 0.618 bits per heavy atom. The van der Waals surface area contributed by atoms with E-state index in [0.717, 1.165) is 11.5 Å². The van der Waals surface area contributed by atoms with Gasteiger partial charge in [0, 0.05) is 24.3 Å². The summed E-state index contributed by atoms with van der Waals surface area (Å²) in [5.74, 6) is 1.84. The molecule has 0 fully saturated rings. The molecule has 0 saturated carbocycles. The maximum absolute atomic E-state index is 6.57. The molecule has 0 N–H and O–H groups in total.